The van der Waals surface area contributed by atoms with E-state index >= 15 is 0 Å². The molecular weight excluding hydrogens is 418 g/mol. The number of rotatable bonds is 5. The maximum Gasteiger partial charge on any atom is 0.138 e. The second-order valence-electron chi connectivity index (χ2n) is 7.86. The van der Waals surface area contributed by atoms with Crippen LogP contribution < -0.4 is 10.1 Å². The molecule has 0 spiro atoms. The van der Waals surface area contributed by atoms with Crippen molar-refractivity contribution >= 4 is 31.9 Å². The first kappa shape index (κ1) is 16.4. The lowest BCUT2D eigenvalue weighted by Crippen LogP contribution is -2.58. The van der Waals surface area contributed by atoms with E-state index in [1.54, 1.807) is 0 Å². The molecule has 4 saturated carbocycles. The predicted molar refractivity (Wildman–Crippen MR) is 101 cm³/mol. The van der Waals surface area contributed by atoms with Crippen LogP contribution in [0.1, 0.15) is 51.0 Å². The Hall–Kier alpha value is -0.0600. The summed E-state index contributed by atoms with van der Waals surface area (Å²) in [6.45, 7) is 3.65. The van der Waals surface area contributed by atoms with E-state index < -0.39 is 0 Å². The molecule has 1 N–H and O–H groups in total. The van der Waals surface area contributed by atoms with Crippen LogP contribution in [0.3, 0.4) is 0 Å². The van der Waals surface area contributed by atoms with Crippen LogP contribution in [0.5, 0.6) is 5.75 Å². The monoisotopic (exact) mass is 441 g/mol. The highest BCUT2D eigenvalue weighted by atomic mass is 79.9. The van der Waals surface area contributed by atoms with Crippen molar-refractivity contribution in [3.63, 3.8) is 0 Å². The highest BCUT2D eigenvalue weighted by Crippen LogP contribution is 2.55. The second-order valence-corrected chi connectivity index (χ2v) is 9.63. The molecule has 0 aromatic heterocycles. The van der Waals surface area contributed by atoms with E-state index in [4.69, 9.17) is 4.74 Å². The average Bonchev–Trinajstić information content (AvgIpc) is 2.47. The molecule has 0 unspecified atom stereocenters. The third-order valence-corrected chi connectivity index (χ3v) is 7.11. The molecule has 4 bridgehead atoms. The Labute approximate surface area is 156 Å². The summed E-state index contributed by atoms with van der Waals surface area (Å²) in [5.74, 6) is 3.94. The van der Waals surface area contributed by atoms with Gasteiger partial charge in [-0.1, -0.05) is 15.9 Å². The van der Waals surface area contributed by atoms with E-state index in [1.165, 1.54) is 44.1 Å². The third-order valence-electron chi connectivity index (χ3n) is 6.07. The van der Waals surface area contributed by atoms with Crippen LogP contribution in [0.4, 0.5) is 0 Å². The van der Waals surface area contributed by atoms with Crippen LogP contribution in [-0.2, 0) is 6.54 Å². The molecule has 23 heavy (non-hydrogen) atoms. The Morgan fingerprint density at radius 1 is 1.09 bits per heavy atom. The van der Waals surface area contributed by atoms with Gasteiger partial charge in [-0.2, -0.15) is 0 Å². The molecule has 1 aromatic rings. The van der Waals surface area contributed by atoms with E-state index in [0.29, 0.717) is 12.1 Å². The van der Waals surface area contributed by atoms with Gasteiger partial charge in [0, 0.05) is 22.1 Å². The molecule has 4 fully saturated rings. The molecule has 0 amide bonds. The lowest BCUT2D eigenvalue weighted by molar-refractivity contribution is -0.0206. The normalized spacial score (nSPS) is 34.8. The number of ether oxygens (including phenoxy) is 1. The fourth-order valence-electron chi connectivity index (χ4n) is 5.66. The highest BCUT2D eigenvalue weighted by molar-refractivity contribution is 9.11. The van der Waals surface area contributed by atoms with Gasteiger partial charge in [-0.3, -0.25) is 0 Å². The first-order valence-corrected chi connectivity index (χ1v) is 10.5. The zero-order valence-corrected chi connectivity index (χ0v) is 16.9. The molecule has 2 nitrogen and oxygen atoms in total. The van der Waals surface area contributed by atoms with Crippen LogP contribution in [0.15, 0.2) is 21.1 Å². The van der Waals surface area contributed by atoms with Gasteiger partial charge in [-0.05, 0) is 91.3 Å². The van der Waals surface area contributed by atoms with Gasteiger partial charge in [0.05, 0.1) is 11.1 Å². The Morgan fingerprint density at radius 3 is 2.26 bits per heavy atom. The SMILES string of the molecule is CCOc1c(Br)cc(Br)cc1CNC12CC3CC(CC(C3)C1)C2. The van der Waals surface area contributed by atoms with Crippen molar-refractivity contribution in [2.75, 3.05) is 6.61 Å². The lowest BCUT2D eigenvalue weighted by atomic mass is 9.53. The lowest BCUT2D eigenvalue weighted by Gasteiger charge is -2.57. The average molecular weight is 443 g/mol. The van der Waals surface area contributed by atoms with Gasteiger partial charge in [-0.25, -0.2) is 0 Å². The van der Waals surface area contributed by atoms with Crippen molar-refractivity contribution in [2.24, 2.45) is 17.8 Å². The van der Waals surface area contributed by atoms with Crippen molar-refractivity contribution < 1.29 is 4.74 Å². The van der Waals surface area contributed by atoms with Crippen molar-refractivity contribution in [1.29, 1.82) is 0 Å². The van der Waals surface area contributed by atoms with Crippen LogP contribution >= 0.6 is 31.9 Å². The Balaban J connectivity index is 1.53. The van der Waals surface area contributed by atoms with Gasteiger partial charge in [0.25, 0.3) is 0 Å². The van der Waals surface area contributed by atoms with Gasteiger partial charge < -0.3 is 10.1 Å². The summed E-state index contributed by atoms with van der Waals surface area (Å²) in [6.07, 6.45) is 8.64. The summed E-state index contributed by atoms with van der Waals surface area (Å²) < 4.78 is 8.03. The molecular formula is C19H25Br2NO. The summed E-state index contributed by atoms with van der Waals surface area (Å²) in [7, 11) is 0. The Morgan fingerprint density at radius 2 is 1.70 bits per heavy atom. The fourth-order valence-corrected chi connectivity index (χ4v) is 7.09. The quantitative estimate of drug-likeness (QED) is 0.634. The summed E-state index contributed by atoms with van der Waals surface area (Å²) in [5, 5.41) is 3.98. The molecule has 0 aliphatic heterocycles. The van der Waals surface area contributed by atoms with Crippen molar-refractivity contribution in [3.05, 3.63) is 26.6 Å². The van der Waals surface area contributed by atoms with Crippen LogP contribution in [0.2, 0.25) is 0 Å². The zero-order chi connectivity index (χ0) is 16.0. The van der Waals surface area contributed by atoms with Crippen LogP contribution in [-0.4, -0.2) is 12.1 Å². The molecule has 4 aliphatic rings. The number of benzene rings is 1. The van der Waals surface area contributed by atoms with Crippen molar-refractivity contribution in [1.82, 2.24) is 5.32 Å². The maximum absolute atomic E-state index is 5.89. The van der Waals surface area contributed by atoms with Gasteiger partial charge in [-0.15, -0.1) is 0 Å². The Bertz CT molecular complexity index is 566. The molecule has 0 atom stereocenters. The van der Waals surface area contributed by atoms with Gasteiger partial charge in [0.15, 0.2) is 0 Å². The Kier molecular flexibility index (Phi) is 4.53. The summed E-state index contributed by atoms with van der Waals surface area (Å²) in [4.78, 5) is 0. The predicted octanol–water partition coefficient (Wildman–Crippen LogP) is 5.67. The molecule has 0 heterocycles. The third kappa shape index (κ3) is 3.23. The van der Waals surface area contributed by atoms with E-state index in [-0.39, 0.29) is 0 Å². The number of hydrogen-bond acceptors (Lipinski definition) is 2. The molecule has 0 saturated heterocycles. The van der Waals surface area contributed by atoms with Gasteiger partial charge in [0.2, 0.25) is 0 Å². The molecule has 126 valence electrons. The number of halogens is 2. The summed E-state index contributed by atoms with van der Waals surface area (Å²) in [5.41, 5.74) is 1.65. The standard InChI is InChI=1S/C19H25Br2NO/c1-2-23-18-15(6-16(20)7-17(18)21)11-22-19-8-12-3-13(9-19)5-14(4-12)10-19/h6-7,12-14,22H,2-5,8-11H2,1H3. The van der Waals surface area contributed by atoms with E-state index in [0.717, 1.165) is 39.0 Å². The van der Waals surface area contributed by atoms with Gasteiger partial charge >= 0.3 is 0 Å². The maximum atomic E-state index is 5.89. The van der Waals surface area contributed by atoms with E-state index in [9.17, 15) is 0 Å². The number of nitrogens with one attached hydrogen (secondary N) is 1. The smallest absolute Gasteiger partial charge is 0.138 e. The van der Waals surface area contributed by atoms with Crippen LogP contribution in [0, 0.1) is 17.8 Å². The molecule has 4 aliphatic carbocycles. The molecule has 4 heteroatoms. The van der Waals surface area contributed by atoms with Gasteiger partial charge in [0.1, 0.15) is 5.75 Å². The topological polar surface area (TPSA) is 21.3 Å². The summed E-state index contributed by atoms with van der Waals surface area (Å²) in [6, 6.07) is 4.27. The van der Waals surface area contributed by atoms with Crippen LogP contribution in [0.25, 0.3) is 0 Å². The second kappa shape index (κ2) is 6.34. The molecule has 5 rings (SSSR count). The van der Waals surface area contributed by atoms with Crippen molar-refractivity contribution in [3.8, 4) is 5.75 Å². The minimum absolute atomic E-state index is 0.396. The summed E-state index contributed by atoms with van der Waals surface area (Å²) >= 11 is 7.27. The fraction of sp³-hybridized carbons (Fsp3) is 0.684. The number of hydrogen-bond donors (Lipinski definition) is 1. The first-order valence-electron chi connectivity index (χ1n) is 8.92. The van der Waals surface area contributed by atoms with E-state index in [2.05, 4.69) is 49.3 Å². The molecule has 1 aromatic carbocycles. The minimum atomic E-state index is 0.396. The largest absolute Gasteiger partial charge is 0.492 e. The highest BCUT2D eigenvalue weighted by Gasteiger charge is 2.50. The van der Waals surface area contributed by atoms with Crippen molar-refractivity contribution in [2.45, 2.75) is 57.5 Å². The van der Waals surface area contributed by atoms with E-state index in [1.807, 2.05) is 6.92 Å². The minimum Gasteiger partial charge on any atom is -0.492 e. The zero-order valence-electron chi connectivity index (χ0n) is 13.7. The first-order chi connectivity index (χ1) is 11.1. The molecule has 0 radical (unpaired) electrons.